The number of carbonyl (C=O) groups is 1. The molecule has 0 saturated heterocycles. The van der Waals surface area contributed by atoms with Crippen molar-refractivity contribution < 1.29 is 22.4 Å². The number of rotatable bonds is 11. The lowest BCUT2D eigenvalue weighted by Crippen LogP contribution is -2.41. The van der Waals surface area contributed by atoms with E-state index in [-0.39, 0.29) is 11.4 Å². The first-order valence-corrected chi connectivity index (χ1v) is 12.0. The fourth-order valence-electron chi connectivity index (χ4n) is 3.06. The Bertz CT molecular complexity index is 1100. The summed E-state index contributed by atoms with van der Waals surface area (Å²) in [5, 5.41) is 3.20. The summed E-state index contributed by atoms with van der Waals surface area (Å²) in [6.45, 7) is 2.39. The van der Waals surface area contributed by atoms with Crippen LogP contribution in [0.15, 0.2) is 76.2 Å². The molecule has 7 nitrogen and oxygen atoms in total. The largest absolute Gasteiger partial charge is 0.494 e. The maximum atomic E-state index is 13.3. The molecule has 0 aliphatic rings. The van der Waals surface area contributed by atoms with Gasteiger partial charge in [0, 0.05) is 18.0 Å². The van der Waals surface area contributed by atoms with Crippen LogP contribution in [0.2, 0.25) is 5.02 Å². The number of aryl methyl sites for hydroxylation is 1. The first-order chi connectivity index (χ1) is 15.4. The van der Waals surface area contributed by atoms with Crippen molar-refractivity contribution in [2.45, 2.75) is 24.7 Å². The Morgan fingerprint density at radius 3 is 2.44 bits per heavy atom. The van der Waals surface area contributed by atoms with Crippen molar-refractivity contribution in [1.29, 1.82) is 0 Å². The number of amides is 1. The second-order valence-corrected chi connectivity index (χ2v) is 9.22. The average molecular weight is 477 g/mol. The first-order valence-electron chi connectivity index (χ1n) is 10.2. The molecule has 3 aromatic rings. The van der Waals surface area contributed by atoms with Crippen LogP contribution in [0.1, 0.15) is 19.1 Å². The second kappa shape index (κ2) is 11.1. The fourth-order valence-corrected chi connectivity index (χ4v) is 4.60. The van der Waals surface area contributed by atoms with Gasteiger partial charge < -0.3 is 14.5 Å². The lowest BCUT2D eigenvalue weighted by molar-refractivity contribution is -0.119. The number of anilines is 1. The standard InChI is InChI=1S/C23H25ClN2O5S/c1-2-30-21-11-9-19(10-12-21)26(32(28,29)22-13-7-18(24)8-14-22)17-23(27)25-15-3-5-20-6-4-16-31-20/h4,6-14,16H,2-3,5,15,17H2,1H3,(H,25,27). The van der Waals surface area contributed by atoms with E-state index in [1.807, 2.05) is 19.1 Å². The lowest BCUT2D eigenvalue weighted by Gasteiger charge is -2.24. The first kappa shape index (κ1) is 23.7. The molecule has 0 spiro atoms. The molecular formula is C23H25ClN2O5S. The highest BCUT2D eigenvalue weighted by molar-refractivity contribution is 7.92. The zero-order chi connectivity index (χ0) is 23.0. The number of ether oxygens (including phenoxy) is 1. The number of hydrogen-bond acceptors (Lipinski definition) is 5. The Hall–Kier alpha value is -2.97. The smallest absolute Gasteiger partial charge is 0.264 e. The molecule has 0 aliphatic carbocycles. The number of furan rings is 1. The van der Waals surface area contributed by atoms with E-state index in [1.54, 1.807) is 30.5 Å². The molecule has 32 heavy (non-hydrogen) atoms. The van der Waals surface area contributed by atoms with E-state index in [0.717, 1.165) is 10.1 Å². The van der Waals surface area contributed by atoms with Crippen molar-refractivity contribution >= 4 is 33.2 Å². The highest BCUT2D eigenvalue weighted by Crippen LogP contribution is 2.26. The molecule has 1 heterocycles. The highest BCUT2D eigenvalue weighted by Gasteiger charge is 2.27. The molecule has 0 atom stereocenters. The van der Waals surface area contributed by atoms with E-state index in [2.05, 4.69) is 5.32 Å². The number of nitrogens with zero attached hydrogens (tertiary/aromatic N) is 1. The summed E-state index contributed by atoms with van der Waals surface area (Å²) in [5.74, 6) is 1.04. The van der Waals surface area contributed by atoms with Crippen molar-refractivity contribution in [1.82, 2.24) is 5.32 Å². The molecule has 3 rings (SSSR count). The average Bonchev–Trinajstić information content (AvgIpc) is 3.30. The van der Waals surface area contributed by atoms with E-state index in [4.69, 9.17) is 20.8 Å². The molecular weight excluding hydrogens is 452 g/mol. The van der Waals surface area contributed by atoms with Crippen LogP contribution in [-0.4, -0.2) is 34.0 Å². The van der Waals surface area contributed by atoms with E-state index in [1.165, 1.54) is 24.3 Å². The minimum absolute atomic E-state index is 0.0430. The van der Waals surface area contributed by atoms with Gasteiger partial charge in [0.2, 0.25) is 5.91 Å². The summed E-state index contributed by atoms with van der Waals surface area (Å²) in [4.78, 5) is 12.6. The highest BCUT2D eigenvalue weighted by atomic mass is 35.5. The van der Waals surface area contributed by atoms with Gasteiger partial charge in [0.15, 0.2) is 0 Å². The van der Waals surface area contributed by atoms with Gasteiger partial charge in [0.1, 0.15) is 18.1 Å². The number of nitrogens with one attached hydrogen (secondary N) is 1. The van der Waals surface area contributed by atoms with E-state index < -0.39 is 15.9 Å². The molecule has 1 aromatic heterocycles. The molecule has 170 valence electrons. The summed E-state index contributed by atoms with van der Waals surface area (Å²) in [6.07, 6.45) is 2.95. The molecule has 0 fully saturated rings. The Morgan fingerprint density at radius 1 is 1.09 bits per heavy atom. The van der Waals surface area contributed by atoms with Crippen LogP contribution in [0.25, 0.3) is 0 Å². The molecule has 1 N–H and O–H groups in total. The quantitative estimate of drug-likeness (QED) is 0.417. The number of sulfonamides is 1. The Balaban J connectivity index is 1.75. The summed E-state index contributed by atoms with van der Waals surface area (Å²) >= 11 is 5.90. The van der Waals surface area contributed by atoms with E-state index >= 15 is 0 Å². The van der Waals surface area contributed by atoms with Gasteiger partial charge in [-0.25, -0.2) is 8.42 Å². The molecule has 0 saturated carbocycles. The Morgan fingerprint density at radius 2 is 1.81 bits per heavy atom. The summed E-state index contributed by atoms with van der Waals surface area (Å²) < 4.78 is 38.5. The topological polar surface area (TPSA) is 88.8 Å². The fraction of sp³-hybridized carbons (Fsp3) is 0.261. The van der Waals surface area contributed by atoms with Gasteiger partial charge in [0.05, 0.1) is 23.5 Å². The third kappa shape index (κ3) is 6.27. The van der Waals surface area contributed by atoms with E-state index in [9.17, 15) is 13.2 Å². The number of hydrogen-bond donors (Lipinski definition) is 1. The maximum Gasteiger partial charge on any atom is 0.264 e. The summed E-state index contributed by atoms with van der Waals surface area (Å²) in [7, 11) is -4.00. The van der Waals surface area contributed by atoms with Gasteiger partial charge in [-0.05, 0) is 74.0 Å². The SMILES string of the molecule is CCOc1ccc(N(CC(=O)NCCCc2ccco2)S(=O)(=O)c2ccc(Cl)cc2)cc1. The van der Waals surface area contributed by atoms with Gasteiger partial charge in [-0.3, -0.25) is 9.10 Å². The van der Waals surface area contributed by atoms with Gasteiger partial charge >= 0.3 is 0 Å². The Kier molecular flexibility index (Phi) is 8.19. The van der Waals surface area contributed by atoms with Crippen LogP contribution in [0, 0.1) is 0 Å². The minimum Gasteiger partial charge on any atom is -0.494 e. The maximum absolute atomic E-state index is 13.3. The van der Waals surface area contributed by atoms with Crippen molar-refractivity contribution in [3.05, 3.63) is 77.7 Å². The lowest BCUT2D eigenvalue weighted by atomic mass is 10.2. The van der Waals surface area contributed by atoms with Gasteiger partial charge in [-0.1, -0.05) is 11.6 Å². The van der Waals surface area contributed by atoms with Crippen molar-refractivity contribution in [2.24, 2.45) is 0 Å². The van der Waals surface area contributed by atoms with Crippen LogP contribution in [-0.2, 0) is 21.2 Å². The monoisotopic (exact) mass is 476 g/mol. The van der Waals surface area contributed by atoms with E-state index in [0.29, 0.717) is 42.5 Å². The van der Waals surface area contributed by atoms with Crippen LogP contribution < -0.4 is 14.4 Å². The van der Waals surface area contributed by atoms with Gasteiger partial charge in [-0.2, -0.15) is 0 Å². The van der Waals surface area contributed by atoms with Crippen LogP contribution in [0.4, 0.5) is 5.69 Å². The van der Waals surface area contributed by atoms with Crippen LogP contribution in [0.3, 0.4) is 0 Å². The third-order valence-electron chi connectivity index (χ3n) is 4.63. The van der Waals surface area contributed by atoms with Crippen LogP contribution >= 0.6 is 11.6 Å². The van der Waals surface area contributed by atoms with Crippen molar-refractivity contribution in [3.63, 3.8) is 0 Å². The molecule has 0 bridgehead atoms. The molecule has 0 aliphatic heterocycles. The Labute approximate surface area is 193 Å². The summed E-state index contributed by atoms with van der Waals surface area (Å²) in [5.41, 5.74) is 0.356. The predicted molar refractivity (Wildman–Crippen MR) is 124 cm³/mol. The minimum atomic E-state index is -4.00. The third-order valence-corrected chi connectivity index (χ3v) is 6.67. The predicted octanol–water partition coefficient (Wildman–Crippen LogP) is 4.28. The second-order valence-electron chi connectivity index (χ2n) is 6.93. The van der Waals surface area contributed by atoms with Gasteiger partial charge in [0.25, 0.3) is 10.0 Å². The normalized spacial score (nSPS) is 11.2. The number of carbonyl (C=O) groups excluding carboxylic acids is 1. The molecule has 1 amide bonds. The van der Waals surface area contributed by atoms with Crippen LogP contribution in [0.5, 0.6) is 5.75 Å². The van der Waals surface area contributed by atoms with Crippen molar-refractivity contribution in [2.75, 3.05) is 24.0 Å². The van der Waals surface area contributed by atoms with Gasteiger partial charge in [-0.15, -0.1) is 0 Å². The van der Waals surface area contributed by atoms with Crippen molar-refractivity contribution in [3.8, 4) is 5.75 Å². The molecule has 0 unspecified atom stereocenters. The molecule has 9 heteroatoms. The molecule has 0 radical (unpaired) electrons. The summed E-state index contributed by atoms with van der Waals surface area (Å²) in [6, 6.07) is 16.1. The molecule has 2 aromatic carbocycles. The number of halogens is 1. The number of benzene rings is 2. The zero-order valence-corrected chi connectivity index (χ0v) is 19.2. The zero-order valence-electron chi connectivity index (χ0n) is 17.7.